The Morgan fingerprint density at radius 3 is 2.69 bits per heavy atom. The molecule has 0 atom stereocenters. The van der Waals surface area contributed by atoms with E-state index in [1.807, 2.05) is 61.5 Å². The molecule has 2 heterocycles. The van der Waals surface area contributed by atoms with Crippen LogP contribution in [0.3, 0.4) is 0 Å². The lowest BCUT2D eigenvalue weighted by Crippen LogP contribution is -2.24. The van der Waals surface area contributed by atoms with Crippen molar-refractivity contribution in [2.45, 2.75) is 18.6 Å². The number of nitrogens with zero attached hydrogens (tertiary/aromatic N) is 2. The molecule has 5 rings (SSSR count). The van der Waals surface area contributed by atoms with Gasteiger partial charge in [0.25, 0.3) is 5.56 Å². The quantitative estimate of drug-likeness (QED) is 0.251. The summed E-state index contributed by atoms with van der Waals surface area (Å²) in [7, 11) is 1.57. The fourth-order valence-corrected chi connectivity index (χ4v) is 4.60. The Bertz CT molecular complexity index is 1590. The van der Waals surface area contributed by atoms with Crippen molar-refractivity contribution in [3.63, 3.8) is 0 Å². The first-order valence-electron chi connectivity index (χ1n) is 11.1. The fourth-order valence-electron chi connectivity index (χ4n) is 3.81. The number of para-hydroxylation sites is 1. The number of carbonyl (C=O) groups is 1. The molecule has 0 aliphatic carbocycles. The Labute approximate surface area is 205 Å². The fraction of sp³-hybridized carbons (Fsp3) is 0.148. The first-order chi connectivity index (χ1) is 17.0. The average Bonchev–Trinajstić information content (AvgIpc) is 3.25. The number of hydrogen-bond acceptors (Lipinski definition) is 6. The minimum atomic E-state index is -0.275. The molecular formula is C27H23N3O4S. The molecule has 0 saturated heterocycles. The molecular weight excluding hydrogens is 462 g/mol. The zero-order chi connectivity index (χ0) is 24.4. The van der Waals surface area contributed by atoms with Gasteiger partial charge < -0.3 is 14.5 Å². The average molecular weight is 486 g/mol. The molecule has 1 N–H and O–H groups in total. The van der Waals surface area contributed by atoms with Gasteiger partial charge in [-0.25, -0.2) is 4.98 Å². The van der Waals surface area contributed by atoms with Crippen molar-refractivity contribution in [2.75, 3.05) is 18.2 Å². The smallest absolute Gasteiger partial charge is 0.298 e. The Morgan fingerprint density at radius 1 is 1.09 bits per heavy atom. The van der Waals surface area contributed by atoms with Crippen LogP contribution in [0.2, 0.25) is 0 Å². The van der Waals surface area contributed by atoms with E-state index >= 15 is 0 Å². The van der Waals surface area contributed by atoms with E-state index in [9.17, 15) is 9.59 Å². The second kappa shape index (κ2) is 9.68. The second-order valence-corrected chi connectivity index (χ2v) is 9.06. The molecule has 7 nitrogen and oxygen atoms in total. The van der Waals surface area contributed by atoms with Crippen molar-refractivity contribution in [2.24, 2.45) is 0 Å². The molecule has 1 amide bonds. The highest BCUT2D eigenvalue weighted by Gasteiger charge is 2.19. The number of furan rings is 1. The number of anilines is 1. The number of methoxy groups -OCH3 is 1. The van der Waals surface area contributed by atoms with E-state index in [2.05, 4.69) is 5.32 Å². The highest BCUT2D eigenvalue weighted by Crippen LogP contribution is 2.28. The molecule has 0 fully saturated rings. The number of hydrogen-bond donors (Lipinski definition) is 1. The third kappa shape index (κ3) is 4.79. The summed E-state index contributed by atoms with van der Waals surface area (Å²) in [4.78, 5) is 31.0. The van der Waals surface area contributed by atoms with Crippen LogP contribution in [0.4, 0.5) is 5.69 Å². The minimum absolute atomic E-state index is 0.0822. The molecule has 0 saturated carbocycles. The third-order valence-corrected chi connectivity index (χ3v) is 6.57. The first-order valence-corrected chi connectivity index (χ1v) is 12.0. The maximum atomic E-state index is 13.5. The van der Waals surface area contributed by atoms with Gasteiger partial charge in [0.05, 0.1) is 19.4 Å². The Hall–Kier alpha value is -4.04. The predicted octanol–water partition coefficient (Wildman–Crippen LogP) is 5.24. The van der Waals surface area contributed by atoms with E-state index in [1.54, 1.807) is 29.9 Å². The van der Waals surface area contributed by atoms with Crippen LogP contribution in [0, 0.1) is 6.92 Å². The predicted molar refractivity (Wildman–Crippen MR) is 138 cm³/mol. The highest BCUT2D eigenvalue weighted by molar-refractivity contribution is 7.99. The summed E-state index contributed by atoms with van der Waals surface area (Å²) in [5.74, 6) is 0.525. The van der Waals surface area contributed by atoms with Crippen molar-refractivity contribution >= 4 is 45.4 Å². The molecule has 8 heteroatoms. The number of aryl methyl sites for hydroxylation is 1. The van der Waals surface area contributed by atoms with Gasteiger partial charge in [-0.3, -0.25) is 14.2 Å². The molecule has 0 spiro atoms. The van der Waals surface area contributed by atoms with Crippen LogP contribution in [0.5, 0.6) is 5.75 Å². The van der Waals surface area contributed by atoms with Crippen LogP contribution in [-0.2, 0) is 11.3 Å². The minimum Gasteiger partial charge on any atom is -0.497 e. The molecule has 0 radical (unpaired) electrons. The van der Waals surface area contributed by atoms with E-state index in [0.29, 0.717) is 34.2 Å². The standard InChI is InChI=1S/C27H23N3O4S/c1-17-10-12-18(13-11-17)15-30-26(32)25-24(21-8-3-4-9-22(21)34-25)29-27(30)35-16-23(31)28-19-6-5-7-20(14-19)33-2/h3-14H,15-16H2,1-2H3,(H,28,31). The zero-order valence-electron chi connectivity index (χ0n) is 19.3. The second-order valence-electron chi connectivity index (χ2n) is 8.12. The van der Waals surface area contributed by atoms with E-state index < -0.39 is 0 Å². The van der Waals surface area contributed by atoms with Gasteiger partial charge in [0.1, 0.15) is 16.8 Å². The van der Waals surface area contributed by atoms with E-state index in [-0.39, 0.29) is 22.8 Å². The van der Waals surface area contributed by atoms with Gasteiger partial charge in [-0.1, -0.05) is 59.8 Å². The number of ether oxygens (including phenoxy) is 1. The van der Waals surface area contributed by atoms with Crippen LogP contribution in [0.25, 0.3) is 22.1 Å². The van der Waals surface area contributed by atoms with Gasteiger partial charge >= 0.3 is 0 Å². The Kier molecular flexibility index (Phi) is 6.29. The number of benzene rings is 3. The number of thioether (sulfide) groups is 1. The van der Waals surface area contributed by atoms with Crippen LogP contribution >= 0.6 is 11.8 Å². The van der Waals surface area contributed by atoms with Crippen LogP contribution < -0.4 is 15.6 Å². The first kappa shape index (κ1) is 22.7. The van der Waals surface area contributed by atoms with Crippen molar-refractivity contribution in [3.8, 4) is 5.75 Å². The van der Waals surface area contributed by atoms with Crippen molar-refractivity contribution < 1.29 is 13.9 Å². The van der Waals surface area contributed by atoms with Crippen molar-refractivity contribution in [1.82, 2.24) is 9.55 Å². The van der Waals surface area contributed by atoms with Crippen LogP contribution in [0.1, 0.15) is 11.1 Å². The normalized spacial score (nSPS) is 11.1. The molecule has 35 heavy (non-hydrogen) atoms. The molecule has 0 aliphatic rings. The van der Waals surface area contributed by atoms with Crippen LogP contribution in [-0.4, -0.2) is 28.3 Å². The topological polar surface area (TPSA) is 86.4 Å². The summed E-state index contributed by atoms with van der Waals surface area (Å²) >= 11 is 1.21. The van der Waals surface area contributed by atoms with Gasteiger partial charge in [-0.15, -0.1) is 0 Å². The van der Waals surface area contributed by atoms with Gasteiger partial charge in [0.2, 0.25) is 11.5 Å². The summed E-state index contributed by atoms with van der Waals surface area (Å²) in [5.41, 5.74) is 3.77. The Morgan fingerprint density at radius 2 is 1.89 bits per heavy atom. The van der Waals surface area contributed by atoms with Crippen molar-refractivity contribution in [3.05, 3.63) is 94.3 Å². The molecule has 0 bridgehead atoms. The lowest BCUT2D eigenvalue weighted by Gasteiger charge is -2.12. The molecule has 0 aliphatic heterocycles. The third-order valence-electron chi connectivity index (χ3n) is 5.59. The maximum absolute atomic E-state index is 13.5. The summed E-state index contributed by atoms with van der Waals surface area (Å²) in [6.07, 6.45) is 0. The number of aromatic nitrogens is 2. The molecule has 3 aromatic carbocycles. The number of amides is 1. The highest BCUT2D eigenvalue weighted by atomic mass is 32.2. The number of rotatable bonds is 7. The van der Waals surface area contributed by atoms with Gasteiger partial charge in [-0.05, 0) is 36.8 Å². The van der Waals surface area contributed by atoms with Gasteiger partial charge in [-0.2, -0.15) is 0 Å². The van der Waals surface area contributed by atoms with E-state index in [0.717, 1.165) is 16.5 Å². The summed E-state index contributed by atoms with van der Waals surface area (Å²) < 4.78 is 12.6. The summed E-state index contributed by atoms with van der Waals surface area (Å²) in [5, 5.41) is 4.09. The largest absolute Gasteiger partial charge is 0.497 e. The van der Waals surface area contributed by atoms with Crippen molar-refractivity contribution in [1.29, 1.82) is 0 Å². The summed E-state index contributed by atoms with van der Waals surface area (Å²) in [6, 6.07) is 22.5. The lowest BCUT2D eigenvalue weighted by molar-refractivity contribution is -0.113. The zero-order valence-corrected chi connectivity index (χ0v) is 20.1. The monoisotopic (exact) mass is 485 g/mol. The SMILES string of the molecule is COc1cccc(NC(=O)CSc2nc3c(oc4ccccc43)c(=O)n2Cc2ccc(C)cc2)c1. The van der Waals surface area contributed by atoms with Gasteiger partial charge in [0.15, 0.2) is 5.16 Å². The summed E-state index contributed by atoms with van der Waals surface area (Å²) in [6.45, 7) is 2.33. The number of fused-ring (bicyclic) bond motifs is 3. The van der Waals surface area contributed by atoms with Gasteiger partial charge in [0, 0.05) is 17.1 Å². The van der Waals surface area contributed by atoms with E-state index in [1.165, 1.54) is 11.8 Å². The lowest BCUT2D eigenvalue weighted by atomic mass is 10.1. The molecule has 2 aromatic heterocycles. The molecule has 5 aromatic rings. The number of carbonyl (C=O) groups excluding carboxylic acids is 1. The maximum Gasteiger partial charge on any atom is 0.298 e. The molecule has 176 valence electrons. The molecule has 0 unspecified atom stereocenters. The number of nitrogens with one attached hydrogen (secondary N) is 1. The van der Waals surface area contributed by atoms with Crippen LogP contribution in [0.15, 0.2) is 87.2 Å². The van der Waals surface area contributed by atoms with E-state index in [4.69, 9.17) is 14.1 Å². The Balaban J connectivity index is 1.49.